The number of nitrogens with one attached hydrogen (secondary N) is 1. The van der Waals surface area contributed by atoms with E-state index in [1.165, 1.54) is 0 Å². The Balaban J connectivity index is 2.47. The molecule has 78 valence electrons. The van der Waals surface area contributed by atoms with Gasteiger partial charge in [-0.1, -0.05) is 6.92 Å². The molecular weight excluding hydrogens is 202 g/mol. The smallest absolute Gasteiger partial charge is 0.269 e. The van der Waals surface area contributed by atoms with Crippen molar-refractivity contribution in [1.82, 2.24) is 15.1 Å². The fourth-order valence-electron chi connectivity index (χ4n) is 1.01. The van der Waals surface area contributed by atoms with Crippen LogP contribution in [0.4, 0.5) is 0 Å². The minimum atomic E-state index is -0.109. The molecule has 0 aliphatic rings. The van der Waals surface area contributed by atoms with Crippen LogP contribution in [0, 0.1) is 5.92 Å². The number of carbonyl (C=O) groups is 1. The number of halogens is 1. The Labute approximate surface area is 88.2 Å². The van der Waals surface area contributed by atoms with Crippen molar-refractivity contribution in [2.75, 3.05) is 12.4 Å². The van der Waals surface area contributed by atoms with Crippen molar-refractivity contribution in [3.8, 4) is 0 Å². The highest BCUT2D eigenvalue weighted by Gasteiger charge is 2.10. The van der Waals surface area contributed by atoms with Gasteiger partial charge in [0.25, 0.3) is 5.91 Å². The maximum absolute atomic E-state index is 11.5. The molecule has 1 unspecified atom stereocenters. The van der Waals surface area contributed by atoms with Gasteiger partial charge in [-0.3, -0.25) is 9.48 Å². The molecule has 0 aromatic carbocycles. The quantitative estimate of drug-likeness (QED) is 0.763. The minimum absolute atomic E-state index is 0.109. The Kier molecular flexibility index (Phi) is 3.95. The number of nitrogens with zero attached hydrogens (tertiary/aromatic N) is 2. The number of hydrogen-bond acceptors (Lipinski definition) is 2. The van der Waals surface area contributed by atoms with E-state index in [-0.39, 0.29) is 11.8 Å². The average molecular weight is 216 g/mol. The highest BCUT2D eigenvalue weighted by atomic mass is 35.5. The van der Waals surface area contributed by atoms with Crippen LogP contribution in [0.3, 0.4) is 0 Å². The Morgan fingerprint density at radius 2 is 2.50 bits per heavy atom. The van der Waals surface area contributed by atoms with E-state index in [2.05, 4.69) is 10.4 Å². The molecule has 0 bridgehead atoms. The van der Waals surface area contributed by atoms with Crippen LogP contribution in [0.25, 0.3) is 0 Å². The molecule has 4 nitrogen and oxygen atoms in total. The zero-order valence-corrected chi connectivity index (χ0v) is 9.08. The molecule has 1 atom stereocenters. The number of amides is 1. The van der Waals surface area contributed by atoms with Gasteiger partial charge in [-0.2, -0.15) is 5.10 Å². The normalized spacial score (nSPS) is 12.5. The first-order valence-electron chi connectivity index (χ1n) is 4.47. The molecule has 0 aliphatic heterocycles. The number of hydrogen-bond donors (Lipinski definition) is 1. The Morgan fingerprint density at radius 1 is 1.79 bits per heavy atom. The molecule has 0 saturated heterocycles. The van der Waals surface area contributed by atoms with Gasteiger partial charge >= 0.3 is 0 Å². The molecule has 0 aliphatic carbocycles. The lowest BCUT2D eigenvalue weighted by Crippen LogP contribution is -2.30. The van der Waals surface area contributed by atoms with Crippen molar-refractivity contribution in [1.29, 1.82) is 0 Å². The lowest BCUT2D eigenvalue weighted by Gasteiger charge is -2.08. The van der Waals surface area contributed by atoms with Crippen molar-refractivity contribution in [3.05, 3.63) is 18.0 Å². The molecule has 14 heavy (non-hydrogen) atoms. The molecule has 1 rings (SSSR count). The maximum Gasteiger partial charge on any atom is 0.269 e. The van der Waals surface area contributed by atoms with Crippen LogP contribution >= 0.6 is 11.6 Å². The summed E-state index contributed by atoms with van der Waals surface area (Å²) in [7, 11) is 1.74. The fourth-order valence-corrected chi connectivity index (χ4v) is 1.12. The number of aromatic nitrogens is 2. The van der Waals surface area contributed by atoms with Crippen LogP contribution in [-0.2, 0) is 7.05 Å². The summed E-state index contributed by atoms with van der Waals surface area (Å²) in [4.78, 5) is 11.5. The third-order valence-electron chi connectivity index (χ3n) is 1.93. The van der Waals surface area contributed by atoms with E-state index < -0.39 is 0 Å². The SMILES string of the molecule is CC(CCl)CNC(=O)c1ccnn1C. The largest absolute Gasteiger partial charge is 0.350 e. The molecule has 1 amide bonds. The minimum Gasteiger partial charge on any atom is -0.350 e. The maximum atomic E-state index is 11.5. The second-order valence-corrected chi connectivity index (χ2v) is 3.62. The summed E-state index contributed by atoms with van der Waals surface area (Å²) in [5, 5.41) is 6.71. The standard InChI is InChI=1S/C9H14ClN3O/c1-7(5-10)6-11-9(14)8-3-4-12-13(8)2/h3-4,7H,5-6H2,1-2H3,(H,11,14). The van der Waals surface area contributed by atoms with Gasteiger partial charge in [0, 0.05) is 25.7 Å². The van der Waals surface area contributed by atoms with E-state index in [0.717, 1.165) is 0 Å². The summed E-state index contributed by atoms with van der Waals surface area (Å²) >= 11 is 5.62. The monoisotopic (exact) mass is 215 g/mol. The lowest BCUT2D eigenvalue weighted by atomic mass is 10.2. The van der Waals surface area contributed by atoms with E-state index >= 15 is 0 Å². The number of carbonyl (C=O) groups excluding carboxylic acids is 1. The number of aryl methyl sites for hydroxylation is 1. The molecule has 0 spiro atoms. The van der Waals surface area contributed by atoms with Crippen molar-refractivity contribution in [2.45, 2.75) is 6.92 Å². The number of alkyl halides is 1. The topological polar surface area (TPSA) is 46.9 Å². The Morgan fingerprint density at radius 3 is 3.00 bits per heavy atom. The molecule has 1 heterocycles. The van der Waals surface area contributed by atoms with Gasteiger partial charge in [-0.15, -0.1) is 11.6 Å². The van der Waals surface area contributed by atoms with Gasteiger partial charge in [-0.25, -0.2) is 0 Å². The van der Waals surface area contributed by atoms with E-state index in [0.29, 0.717) is 18.1 Å². The zero-order chi connectivity index (χ0) is 10.6. The third kappa shape index (κ3) is 2.73. The predicted molar refractivity (Wildman–Crippen MR) is 55.4 cm³/mol. The van der Waals surface area contributed by atoms with Crippen molar-refractivity contribution < 1.29 is 4.79 Å². The van der Waals surface area contributed by atoms with Crippen LogP contribution in [-0.4, -0.2) is 28.1 Å². The van der Waals surface area contributed by atoms with Crippen molar-refractivity contribution in [2.24, 2.45) is 13.0 Å². The average Bonchev–Trinajstić information content (AvgIpc) is 2.60. The second kappa shape index (κ2) is 5.00. The highest BCUT2D eigenvalue weighted by Crippen LogP contribution is 1.98. The molecule has 5 heteroatoms. The van der Waals surface area contributed by atoms with Crippen LogP contribution in [0.1, 0.15) is 17.4 Å². The van der Waals surface area contributed by atoms with Crippen LogP contribution < -0.4 is 5.32 Å². The Hall–Kier alpha value is -1.03. The molecular formula is C9H14ClN3O. The van der Waals surface area contributed by atoms with Crippen molar-refractivity contribution in [3.63, 3.8) is 0 Å². The molecule has 1 aromatic rings. The molecule has 0 fully saturated rings. The Bertz CT molecular complexity index is 311. The van der Waals surface area contributed by atoms with Gasteiger partial charge in [0.2, 0.25) is 0 Å². The van der Waals surface area contributed by atoms with Gasteiger partial charge in [0.05, 0.1) is 0 Å². The van der Waals surface area contributed by atoms with Gasteiger partial charge in [0.15, 0.2) is 0 Å². The van der Waals surface area contributed by atoms with Crippen LogP contribution in [0.5, 0.6) is 0 Å². The van der Waals surface area contributed by atoms with Crippen LogP contribution in [0.2, 0.25) is 0 Å². The molecule has 1 aromatic heterocycles. The summed E-state index contributed by atoms with van der Waals surface area (Å²) < 4.78 is 1.54. The van der Waals surface area contributed by atoms with E-state index in [1.54, 1.807) is 24.0 Å². The summed E-state index contributed by atoms with van der Waals surface area (Å²) in [5.41, 5.74) is 0.562. The summed E-state index contributed by atoms with van der Waals surface area (Å²) in [6.45, 7) is 2.57. The second-order valence-electron chi connectivity index (χ2n) is 3.31. The first-order valence-corrected chi connectivity index (χ1v) is 5.00. The van der Waals surface area contributed by atoms with E-state index in [1.807, 2.05) is 6.92 Å². The number of rotatable bonds is 4. The lowest BCUT2D eigenvalue weighted by molar-refractivity contribution is 0.0940. The summed E-state index contributed by atoms with van der Waals surface area (Å²) in [5.74, 6) is 0.724. The van der Waals surface area contributed by atoms with Gasteiger partial charge in [0.1, 0.15) is 5.69 Å². The highest BCUT2D eigenvalue weighted by molar-refractivity contribution is 6.18. The van der Waals surface area contributed by atoms with E-state index in [9.17, 15) is 4.79 Å². The van der Waals surface area contributed by atoms with Crippen molar-refractivity contribution >= 4 is 17.5 Å². The predicted octanol–water partition coefficient (Wildman–Crippen LogP) is 1.02. The molecule has 0 radical (unpaired) electrons. The fraction of sp³-hybridized carbons (Fsp3) is 0.556. The van der Waals surface area contributed by atoms with Gasteiger partial charge < -0.3 is 5.32 Å². The molecule has 1 N–H and O–H groups in total. The molecule has 0 saturated carbocycles. The zero-order valence-electron chi connectivity index (χ0n) is 8.33. The van der Waals surface area contributed by atoms with Gasteiger partial charge in [-0.05, 0) is 12.0 Å². The first kappa shape index (κ1) is 11.0. The first-order chi connectivity index (χ1) is 6.65. The van der Waals surface area contributed by atoms with E-state index in [4.69, 9.17) is 11.6 Å². The third-order valence-corrected chi connectivity index (χ3v) is 2.45. The van der Waals surface area contributed by atoms with Crippen LogP contribution in [0.15, 0.2) is 12.3 Å². The summed E-state index contributed by atoms with van der Waals surface area (Å²) in [6.07, 6.45) is 1.60. The summed E-state index contributed by atoms with van der Waals surface area (Å²) in [6, 6.07) is 1.68.